The average Bonchev–Trinajstić information content (AvgIpc) is 3.52. The van der Waals surface area contributed by atoms with Gasteiger partial charge in [0.25, 0.3) is 11.8 Å². The number of nitrogens with zero attached hydrogens (tertiary/aromatic N) is 6. The number of aromatic nitrogens is 5. The monoisotopic (exact) mass is 446 g/mol. The number of aryl methyl sites for hydroxylation is 1. The fourth-order valence-corrected chi connectivity index (χ4v) is 3.56. The number of benzene rings is 2. The first-order chi connectivity index (χ1) is 16.1. The molecule has 0 fully saturated rings. The molecule has 0 bridgehead atoms. The maximum Gasteiger partial charge on any atom is 0.259 e. The van der Waals surface area contributed by atoms with E-state index >= 15 is 0 Å². The van der Waals surface area contributed by atoms with Gasteiger partial charge in [-0.15, -0.1) is 0 Å². The van der Waals surface area contributed by atoms with E-state index in [9.17, 15) is 9.18 Å². The summed E-state index contributed by atoms with van der Waals surface area (Å²) in [7, 11) is 0. The van der Waals surface area contributed by atoms with Crippen molar-refractivity contribution in [3.8, 4) is 17.1 Å². The number of halogens is 1. The Morgan fingerprint density at radius 3 is 2.73 bits per heavy atom. The van der Waals surface area contributed by atoms with Gasteiger partial charge in [-0.1, -0.05) is 16.8 Å². The second-order valence-corrected chi connectivity index (χ2v) is 7.49. The van der Waals surface area contributed by atoms with E-state index in [-0.39, 0.29) is 24.0 Å². The van der Waals surface area contributed by atoms with Gasteiger partial charge < -0.3 is 9.26 Å². The number of amides is 1. The lowest BCUT2D eigenvalue weighted by Crippen LogP contribution is -2.45. The predicted molar refractivity (Wildman–Crippen MR) is 115 cm³/mol. The lowest BCUT2D eigenvalue weighted by molar-refractivity contribution is -0.00736. The maximum atomic E-state index is 13.6. The van der Waals surface area contributed by atoms with E-state index in [0.29, 0.717) is 29.2 Å². The molecule has 0 saturated heterocycles. The van der Waals surface area contributed by atoms with Crippen molar-refractivity contribution in [2.45, 2.75) is 19.6 Å². The lowest BCUT2D eigenvalue weighted by Gasteiger charge is -2.32. The first kappa shape index (κ1) is 20.6. The van der Waals surface area contributed by atoms with Crippen LogP contribution in [0.25, 0.3) is 17.1 Å². The molecular weight excluding hydrogens is 427 g/mol. The quantitative estimate of drug-likeness (QED) is 0.464. The molecule has 3 heterocycles. The van der Waals surface area contributed by atoms with Crippen LogP contribution in [0, 0.1) is 12.7 Å². The maximum absolute atomic E-state index is 13.6. The third kappa shape index (κ3) is 4.22. The van der Waals surface area contributed by atoms with E-state index in [0.717, 1.165) is 5.56 Å². The van der Waals surface area contributed by atoms with Crippen LogP contribution in [0.2, 0.25) is 0 Å². The van der Waals surface area contributed by atoms with E-state index in [1.165, 1.54) is 16.9 Å². The van der Waals surface area contributed by atoms with Crippen molar-refractivity contribution in [3.63, 3.8) is 0 Å². The SMILES string of the molecule is Cc1ccc(-n2nccn2)c(C(=O)N2CC=COC2Cc2noc(-c3ccc(F)cc3)n2)c1. The highest BCUT2D eigenvalue weighted by Gasteiger charge is 2.30. The second-order valence-electron chi connectivity index (χ2n) is 7.49. The number of ether oxygens (including phenoxy) is 1. The fourth-order valence-electron chi connectivity index (χ4n) is 3.56. The summed E-state index contributed by atoms with van der Waals surface area (Å²) in [4.78, 5) is 21.0. The van der Waals surface area contributed by atoms with Gasteiger partial charge >= 0.3 is 0 Å². The van der Waals surface area contributed by atoms with Crippen molar-refractivity contribution in [1.29, 1.82) is 0 Å². The summed E-state index contributed by atoms with van der Waals surface area (Å²) in [5, 5.41) is 12.3. The Kier molecular flexibility index (Phi) is 5.39. The molecule has 166 valence electrons. The van der Waals surface area contributed by atoms with Crippen LogP contribution < -0.4 is 0 Å². The van der Waals surface area contributed by atoms with Crippen molar-refractivity contribution in [2.75, 3.05) is 6.54 Å². The van der Waals surface area contributed by atoms with Crippen molar-refractivity contribution < 1.29 is 18.4 Å². The molecule has 0 aliphatic carbocycles. The van der Waals surface area contributed by atoms with Gasteiger partial charge in [0.2, 0.25) is 0 Å². The van der Waals surface area contributed by atoms with E-state index < -0.39 is 6.23 Å². The van der Waals surface area contributed by atoms with Crippen LogP contribution in [0.15, 0.2) is 71.7 Å². The molecule has 4 aromatic rings. The highest BCUT2D eigenvalue weighted by Crippen LogP contribution is 2.23. The van der Waals surface area contributed by atoms with Gasteiger partial charge in [-0.05, 0) is 49.4 Å². The second kappa shape index (κ2) is 8.65. The molecule has 5 rings (SSSR count). The van der Waals surface area contributed by atoms with E-state index in [4.69, 9.17) is 9.26 Å². The summed E-state index contributed by atoms with van der Waals surface area (Å²) in [5.41, 5.74) is 2.56. The molecule has 33 heavy (non-hydrogen) atoms. The highest BCUT2D eigenvalue weighted by atomic mass is 19.1. The largest absolute Gasteiger partial charge is 0.478 e. The summed E-state index contributed by atoms with van der Waals surface area (Å²) in [6.07, 6.45) is 6.00. The van der Waals surface area contributed by atoms with Crippen LogP contribution in [0.3, 0.4) is 0 Å². The molecule has 0 saturated carbocycles. The molecule has 1 aliphatic heterocycles. The fraction of sp³-hybridized carbons (Fsp3) is 0.174. The first-order valence-electron chi connectivity index (χ1n) is 10.3. The Morgan fingerprint density at radius 1 is 1.15 bits per heavy atom. The molecule has 1 aliphatic rings. The molecule has 0 N–H and O–H groups in total. The van der Waals surface area contributed by atoms with Crippen molar-refractivity contribution in [1.82, 2.24) is 30.0 Å². The Balaban J connectivity index is 1.40. The van der Waals surface area contributed by atoms with Crippen molar-refractivity contribution >= 4 is 5.91 Å². The lowest BCUT2D eigenvalue weighted by atomic mass is 10.1. The van der Waals surface area contributed by atoms with Crippen LogP contribution in [0.1, 0.15) is 21.7 Å². The Morgan fingerprint density at radius 2 is 1.94 bits per heavy atom. The molecule has 0 spiro atoms. The molecule has 9 nitrogen and oxygen atoms in total. The van der Waals surface area contributed by atoms with Crippen LogP contribution in [-0.2, 0) is 11.2 Å². The molecule has 2 aromatic carbocycles. The number of carbonyl (C=O) groups is 1. The minimum absolute atomic E-state index is 0.210. The molecule has 10 heteroatoms. The number of carbonyl (C=O) groups excluding carboxylic acids is 1. The molecular formula is C23H19FN6O3. The number of hydrogen-bond acceptors (Lipinski definition) is 7. The third-order valence-electron chi connectivity index (χ3n) is 5.18. The summed E-state index contributed by atoms with van der Waals surface area (Å²) in [5.74, 6) is 0.0454. The molecule has 0 radical (unpaired) electrons. The van der Waals surface area contributed by atoms with E-state index in [1.54, 1.807) is 47.8 Å². The Labute approximate surface area is 188 Å². The zero-order chi connectivity index (χ0) is 22.8. The van der Waals surface area contributed by atoms with Crippen LogP contribution >= 0.6 is 0 Å². The summed E-state index contributed by atoms with van der Waals surface area (Å²) < 4.78 is 24.2. The van der Waals surface area contributed by atoms with Crippen LogP contribution in [0.4, 0.5) is 4.39 Å². The van der Waals surface area contributed by atoms with Crippen molar-refractivity contribution in [2.24, 2.45) is 0 Å². The van der Waals surface area contributed by atoms with Crippen LogP contribution in [0.5, 0.6) is 0 Å². The minimum atomic E-state index is -0.639. The molecule has 1 atom stereocenters. The van der Waals surface area contributed by atoms with Gasteiger partial charge in [-0.25, -0.2) is 4.39 Å². The van der Waals surface area contributed by atoms with Gasteiger partial charge in [-0.2, -0.15) is 20.0 Å². The zero-order valence-corrected chi connectivity index (χ0v) is 17.6. The Hall–Kier alpha value is -4.34. The highest BCUT2D eigenvalue weighted by molar-refractivity contribution is 5.98. The smallest absolute Gasteiger partial charge is 0.259 e. The Bertz CT molecular complexity index is 1300. The molecule has 1 unspecified atom stereocenters. The van der Waals surface area contributed by atoms with E-state index in [2.05, 4.69) is 20.3 Å². The van der Waals surface area contributed by atoms with Crippen LogP contribution in [-0.4, -0.2) is 48.7 Å². The number of rotatable bonds is 5. The first-order valence-corrected chi connectivity index (χ1v) is 10.3. The predicted octanol–water partition coefficient (Wildman–Crippen LogP) is 3.32. The standard InChI is InChI=1S/C23H19FN6O3/c1-15-3-8-19(30-25-9-10-26-30)18(13-15)23(31)29-11-2-12-32-21(29)14-20-27-22(33-28-20)16-4-6-17(24)7-5-16/h2-10,12-13,21H,11,14H2,1H3. The average molecular weight is 446 g/mol. The topological polar surface area (TPSA) is 99.2 Å². The van der Waals surface area contributed by atoms with Gasteiger partial charge in [-0.3, -0.25) is 9.69 Å². The molecule has 1 amide bonds. The summed E-state index contributed by atoms with van der Waals surface area (Å²) >= 11 is 0. The van der Waals surface area contributed by atoms with Gasteiger partial charge in [0.1, 0.15) is 5.82 Å². The normalized spacial score (nSPS) is 15.5. The van der Waals surface area contributed by atoms with Gasteiger partial charge in [0, 0.05) is 12.1 Å². The van der Waals surface area contributed by atoms with E-state index in [1.807, 2.05) is 19.1 Å². The molecule has 2 aromatic heterocycles. The number of hydrogen-bond donors (Lipinski definition) is 0. The van der Waals surface area contributed by atoms with Crippen molar-refractivity contribution in [3.05, 3.63) is 90.0 Å². The van der Waals surface area contributed by atoms with Gasteiger partial charge in [0.15, 0.2) is 12.1 Å². The third-order valence-corrected chi connectivity index (χ3v) is 5.18. The van der Waals surface area contributed by atoms with Gasteiger partial charge in [0.05, 0.1) is 36.3 Å². The summed E-state index contributed by atoms with van der Waals surface area (Å²) in [6.45, 7) is 2.27. The minimum Gasteiger partial charge on any atom is -0.478 e. The zero-order valence-electron chi connectivity index (χ0n) is 17.6. The summed E-state index contributed by atoms with van der Waals surface area (Å²) in [6, 6.07) is 11.3.